The van der Waals surface area contributed by atoms with Crippen molar-refractivity contribution in [2.75, 3.05) is 0 Å². The van der Waals surface area contributed by atoms with E-state index in [-0.39, 0.29) is 13.2 Å². The van der Waals surface area contributed by atoms with Crippen molar-refractivity contribution in [1.82, 2.24) is 0 Å². The topological polar surface area (TPSA) is 21.6 Å². The maximum Gasteiger partial charge on any atom is 0.125 e. The molecule has 4 saturated carbocycles. The molecule has 43 heavy (non-hydrogen) atoms. The van der Waals surface area contributed by atoms with Gasteiger partial charge < -0.3 is 4.74 Å². The highest BCUT2D eigenvalue weighted by Gasteiger charge is 2.65. The first-order valence-corrected chi connectivity index (χ1v) is 20.8. The van der Waals surface area contributed by atoms with Gasteiger partial charge >= 0.3 is 0 Å². The van der Waals surface area contributed by atoms with Crippen LogP contribution >= 0.6 is 15.8 Å². The van der Waals surface area contributed by atoms with Crippen molar-refractivity contribution in [3.63, 3.8) is 0 Å². The Morgan fingerprint density at radius 1 is 0.721 bits per heavy atom. The first kappa shape index (κ1) is 29.3. The molecule has 4 aliphatic carbocycles. The van der Waals surface area contributed by atoms with E-state index in [1.54, 1.807) is 10.6 Å². The Bertz CT molecular complexity index is 1260. The van der Waals surface area contributed by atoms with Crippen LogP contribution in [0, 0.1) is 37.5 Å². The Morgan fingerprint density at radius 3 is 1.81 bits per heavy atom. The molecular weight excluding hydrogens is 560 g/mol. The van der Waals surface area contributed by atoms with Gasteiger partial charge in [-0.1, -0.05) is 102 Å². The third-order valence-corrected chi connectivity index (χ3v) is 20.2. The first-order valence-electron chi connectivity index (χ1n) is 18.0. The zero-order chi connectivity index (χ0) is 29.1. The van der Waals surface area contributed by atoms with Crippen molar-refractivity contribution in [1.29, 1.82) is 0 Å². The number of nitrogens with zero attached hydrogens (tertiary/aromatic N) is 1. The lowest BCUT2D eigenvalue weighted by molar-refractivity contribution is -0.0287. The quantitative estimate of drug-likeness (QED) is 0.285. The van der Waals surface area contributed by atoms with Gasteiger partial charge in [0.25, 0.3) is 0 Å². The second kappa shape index (κ2) is 11.9. The molecule has 8 atom stereocenters. The Balaban J connectivity index is 1.19. The summed E-state index contributed by atoms with van der Waals surface area (Å²) in [6.45, 7) is 7.23. The summed E-state index contributed by atoms with van der Waals surface area (Å²) in [5.41, 5.74) is 5.88. The Morgan fingerprint density at radius 2 is 1.28 bits per heavy atom. The Kier molecular flexibility index (Phi) is 8.15. The lowest BCUT2D eigenvalue weighted by Crippen LogP contribution is -2.42. The number of ether oxygens (including phenoxy) is 1. The fourth-order valence-corrected chi connectivity index (χ4v) is 19.2. The number of fused-ring (bicyclic) bond motifs is 5. The van der Waals surface area contributed by atoms with Crippen LogP contribution in [0.25, 0.3) is 0 Å². The van der Waals surface area contributed by atoms with Crippen molar-refractivity contribution >= 4 is 32.7 Å². The molecule has 5 fully saturated rings. The minimum absolute atomic E-state index is 0.0475. The van der Waals surface area contributed by atoms with E-state index in [1.165, 1.54) is 94.6 Å². The lowest BCUT2D eigenvalue weighted by atomic mass is 9.77. The van der Waals surface area contributed by atoms with Gasteiger partial charge in [-0.3, -0.25) is 4.99 Å². The Labute approximate surface area is 263 Å². The summed E-state index contributed by atoms with van der Waals surface area (Å²) < 4.78 is 7.21. The minimum Gasteiger partial charge on any atom is -0.375 e. The highest BCUT2D eigenvalue weighted by atomic mass is 31.1. The van der Waals surface area contributed by atoms with E-state index >= 15 is 0 Å². The molecule has 2 aromatic carbocycles. The van der Waals surface area contributed by atoms with Gasteiger partial charge in [-0.25, -0.2) is 0 Å². The zero-order valence-corrected chi connectivity index (χ0v) is 28.6. The van der Waals surface area contributed by atoms with Gasteiger partial charge in [0.15, 0.2) is 0 Å². The summed E-state index contributed by atoms with van der Waals surface area (Å²) in [7, 11) is -0.565. The van der Waals surface area contributed by atoms with Crippen LogP contribution in [0.2, 0.25) is 0 Å². The van der Waals surface area contributed by atoms with Crippen LogP contribution in [-0.4, -0.2) is 40.7 Å². The zero-order valence-electron chi connectivity index (χ0n) is 26.8. The van der Waals surface area contributed by atoms with E-state index in [2.05, 4.69) is 75.5 Å². The van der Waals surface area contributed by atoms with Crippen LogP contribution in [-0.2, 0) is 4.74 Å². The third-order valence-electron chi connectivity index (χ3n) is 12.9. The lowest BCUT2D eigenvalue weighted by Gasteiger charge is -2.46. The molecule has 2 aliphatic heterocycles. The fraction of sp³-hybridized carbons (Fsp3) is 0.667. The van der Waals surface area contributed by atoms with Crippen LogP contribution in [0.15, 0.2) is 53.5 Å². The fourth-order valence-electron chi connectivity index (χ4n) is 11.0. The molecular formula is C39H53NOP2. The second-order valence-electron chi connectivity index (χ2n) is 15.3. The highest BCUT2D eigenvalue weighted by Crippen LogP contribution is 2.71. The van der Waals surface area contributed by atoms with Crippen LogP contribution in [0.1, 0.15) is 102 Å². The number of aryl methyl sites for hydroxylation is 2. The molecule has 4 heteroatoms. The summed E-state index contributed by atoms with van der Waals surface area (Å²) in [4.78, 5) is 5.48. The van der Waals surface area contributed by atoms with Gasteiger partial charge in [0.2, 0.25) is 0 Å². The molecule has 8 unspecified atom stereocenters. The van der Waals surface area contributed by atoms with Crippen molar-refractivity contribution in [2.24, 2.45) is 28.7 Å². The molecule has 0 amide bonds. The summed E-state index contributed by atoms with van der Waals surface area (Å²) in [6, 6.07) is 18.5. The van der Waals surface area contributed by atoms with Gasteiger partial charge in [0, 0.05) is 12.1 Å². The van der Waals surface area contributed by atoms with Gasteiger partial charge in [0.05, 0.1) is 12.2 Å². The predicted octanol–water partition coefficient (Wildman–Crippen LogP) is 9.48. The van der Waals surface area contributed by atoms with Gasteiger partial charge in [-0.15, -0.1) is 0 Å². The summed E-state index contributed by atoms with van der Waals surface area (Å²) >= 11 is 0. The maximum atomic E-state index is 7.21. The molecule has 0 spiro atoms. The number of benzene rings is 2. The third kappa shape index (κ3) is 5.13. The van der Waals surface area contributed by atoms with E-state index in [4.69, 9.17) is 9.73 Å². The monoisotopic (exact) mass is 613 g/mol. The summed E-state index contributed by atoms with van der Waals surface area (Å²) in [5.74, 6) is 2.79. The molecule has 0 radical (unpaired) electrons. The van der Waals surface area contributed by atoms with Gasteiger partial charge in [-0.2, -0.15) is 0 Å². The van der Waals surface area contributed by atoms with E-state index in [1.807, 2.05) is 0 Å². The van der Waals surface area contributed by atoms with Crippen LogP contribution < -0.4 is 10.6 Å². The standard InChI is InChI=1S/C39H53NOP2/c1-26-14-10-12-20-35(26)43(36-21-13-11-15-27(36)2)39(25-40-39)38-28(3)34-24-33(38)32-22-29(41-34)23-37(32)42(30-16-6-4-7-17-30)31-18-8-5-9-19-31/h10-15,20-21,25,28-34,37-38H,4-9,16-19,22-24H2,1-3H3. The Hall–Kier alpha value is -1.07. The minimum atomic E-state index is -0.631. The predicted molar refractivity (Wildman–Crippen MR) is 186 cm³/mol. The van der Waals surface area contributed by atoms with Gasteiger partial charge in [-0.05, 0) is 123 Å². The van der Waals surface area contributed by atoms with Crippen LogP contribution in [0.3, 0.4) is 0 Å². The molecule has 0 aromatic heterocycles. The molecule has 2 aromatic rings. The molecule has 1 saturated heterocycles. The molecule has 2 heterocycles. The molecule has 6 aliphatic rings. The molecule has 2 nitrogen and oxygen atoms in total. The smallest absolute Gasteiger partial charge is 0.125 e. The average molecular weight is 614 g/mol. The number of aliphatic imine (C=N–C) groups is 1. The van der Waals surface area contributed by atoms with Gasteiger partial charge in [0.1, 0.15) is 5.28 Å². The van der Waals surface area contributed by atoms with Crippen molar-refractivity contribution in [2.45, 2.75) is 139 Å². The maximum absolute atomic E-state index is 7.21. The van der Waals surface area contributed by atoms with Crippen molar-refractivity contribution in [3.8, 4) is 0 Å². The highest BCUT2D eigenvalue weighted by molar-refractivity contribution is 7.75. The summed E-state index contributed by atoms with van der Waals surface area (Å²) in [6.07, 6.45) is 22.5. The number of hydrogen-bond acceptors (Lipinski definition) is 2. The molecule has 8 rings (SSSR count). The average Bonchev–Trinajstić information content (AvgIpc) is 3.64. The molecule has 0 N–H and O–H groups in total. The van der Waals surface area contributed by atoms with E-state index in [0.29, 0.717) is 24.0 Å². The van der Waals surface area contributed by atoms with E-state index in [9.17, 15) is 0 Å². The van der Waals surface area contributed by atoms with E-state index in [0.717, 1.165) is 28.8 Å². The molecule has 230 valence electrons. The first-order chi connectivity index (χ1) is 21.0. The number of rotatable bonds is 7. The van der Waals surface area contributed by atoms with Crippen LogP contribution in [0.4, 0.5) is 0 Å². The van der Waals surface area contributed by atoms with Crippen molar-refractivity contribution < 1.29 is 4.74 Å². The van der Waals surface area contributed by atoms with E-state index < -0.39 is 7.92 Å². The largest absolute Gasteiger partial charge is 0.375 e. The summed E-state index contributed by atoms with van der Waals surface area (Å²) in [5, 5.41) is 3.04. The van der Waals surface area contributed by atoms with Crippen LogP contribution in [0.5, 0.6) is 0 Å². The second-order valence-corrected chi connectivity index (χ2v) is 20.6. The number of hydrogen-bond donors (Lipinski definition) is 0. The normalized spacial score (nSPS) is 37.7. The molecule has 4 bridgehead atoms. The SMILES string of the molecule is Cc1ccccc1P(c1ccccc1C)C1(C2C(C)C3CC2C2CC(CC2P(C2CCCCC2)C2CCCCC2)O3)C=N1. The van der Waals surface area contributed by atoms with Crippen molar-refractivity contribution in [3.05, 3.63) is 59.7 Å².